The maximum Gasteiger partial charge on any atom is 0.315 e. The normalized spacial score (nSPS) is 11.6. The second-order valence-electron chi connectivity index (χ2n) is 5.06. The van der Waals surface area contributed by atoms with Crippen LogP contribution in [0.4, 0.5) is 10.5 Å². The van der Waals surface area contributed by atoms with E-state index in [0.717, 1.165) is 0 Å². The highest BCUT2D eigenvalue weighted by atomic mass is 35.5. The van der Waals surface area contributed by atoms with Gasteiger partial charge in [-0.05, 0) is 23.3 Å². The molecule has 2 aromatic rings. The van der Waals surface area contributed by atoms with E-state index < -0.39 is 17.1 Å². The monoisotopic (exact) mass is 349 g/mol. The lowest BCUT2D eigenvalue weighted by molar-refractivity contribution is -0.384. The number of carbonyl (C=O) groups is 1. The highest BCUT2D eigenvalue weighted by molar-refractivity contribution is 6.30. The van der Waals surface area contributed by atoms with Crippen LogP contribution in [0.2, 0.25) is 5.02 Å². The Hall–Kier alpha value is -2.64. The Morgan fingerprint density at radius 1 is 1.21 bits per heavy atom. The molecule has 0 spiro atoms. The molecule has 8 heteroatoms. The predicted octanol–water partition coefficient (Wildman–Crippen LogP) is 2.78. The highest BCUT2D eigenvalue weighted by Gasteiger charge is 2.10. The smallest absolute Gasteiger partial charge is 0.315 e. The number of urea groups is 1. The average Bonchev–Trinajstić information content (AvgIpc) is 2.58. The number of halogens is 1. The van der Waals surface area contributed by atoms with Crippen molar-refractivity contribution in [2.45, 2.75) is 12.6 Å². The zero-order valence-corrected chi connectivity index (χ0v) is 13.4. The topological polar surface area (TPSA) is 104 Å². The average molecular weight is 350 g/mol. The molecule has 1 unspecified atom stereocenters. The number of non-ortho nitro benzene ring substituents is 1. The van der Waals surface area contributed by atoms with Gasteiger partial charge >= 0.3 is 6.03 Å². The van der Waals surface area contributed by atoms with Gasteiger partial charge in [0.05, 0.1) is 11.0 Å². The third-order valence-electron chi connectivity index (χ3n) is 3.29. The van der Waals surface area contributed by atoms with E-state index in [1.54, 1.807) is 36.4 Å². The number of aliphatic hydroxyl groups excluding tert-OH is 1. The number of nitrogens with zero attached hydrogens (tertiary/aromatic N) is 1. The number of nitro groups is 1. The van der Waals surface area contributed by atoms with Crippen molar-refractivity contribution >= 4 is 23.3 Å². The summed E-state index contributed by atoms with van der Waals surface area (Å²) in [5.74, 6) is 0. The molecule has 0 aliphatic carbocycles. The van der Waals surface area contributed by atoms with E-state index in [2.05, 4.69) is 10.6 Å². The van der Waals surface area contributed by atoms with E-state index in [-0.39, 0.29) is 18.8 Å². The summed E-state index contributed by atoms with van der Waals surface area (Å²) < 4.78 is 0. The van der Waals surface area contributed by atoms with Crippen molar-refractivity contribution in [1.82, 2.24) is 10.6 Å². The highest BCUT2D eigenvalue weighted by Crippen LogP contribution is 2.16. The fraction of sp³-hybridized carbons (Fsp3) is 0.188. The first-order valence-corrected chi connectivity index (χ1v) is 7.52. The Labute approximate surface area is 143 Å². The second-order valence-corrected chi connectivity index (χ2v) is 5.49. The molecule has 2 aromatic carbocycles. The molecule has 0 saturated carbocycles. The first-order valence-electron chi connectivity index (χ1n) is 7.14. The lowest BCUT2D eigenvalue weighted by Gasteiger charge is -2.13. The molecule has 126 valence electrons. The van der Waals surface area contributed by atoms with Gasteiger partial charge in [0.25, 0.3) is 5.69 Å². The van der Waals surface area contributed by atoms with E-state index >= 15 is 0 Å². The number of benzene rings is 2. The van der Waals surface area contributed by atoms with Crippen LogP contribution in [-0.4, -0.2) is 22.6 Å². The number of nitrogens with one attached hydrogen (secondary N) is 2. The predicted molar refractivity (Wildman–Crippen MR) is 89.7 cm³/mol. The number of hydrogen-bond donors (Lipinski definition) is 3. The zero-order chi connectivity index (χ0) is 17.5. The van der Waals surface area contributed by atoms with Gasteiger partial charge in [0.15, 0.2) is 0 Å². The molecule has 0 aliphatic heterocycles. The van der Waals surface area contributed by atoms with Crippen LogP contribution in [0.5, 0.6) is 0 Å². The van der Waals surface area contributed by atoms with Crippen molar-refractivity contribution < 1.29 is 14.8 Å². The van der Waals surface area contributed by atoms with Gasteiger partial charge in [0.2, 0.25) is 0 Å². The van der Waals surface area contributed by atoms with Gasteiger partial charge < -0.3 is 15.7 Å². The SMILES string of the molecule is O=C(NCc1cccc([N+](=O)[O-])c1)NCC(O)c1ccc(Cl)cc1. The van der Waals surface area contributed by atoms with Crippen molar-refractivity contribution in [1.29, 1.82) is 0 Å². The first-order chi connectivity index (χ1) is 11.5. The minimum Gasteiger partial charge on any atom is -0.387 e. The van der Waals surface area contributed by atoms with Crippen LogP contribution in [0.15, 0.2) is 48.5 Å². The second kappa shape index (κ2) is 8.28. The van der Waals surface area contributed by atoms with Crippen LogP contribution in [0, 0.1) is 10.1 Å². The van der Waals surface area contributed by atoms with Gasteiger partial charge in [-0.1, -0.05) is 35.9 Å². The van der Waals surface area contributed by atoms with Crippen molar-refractivity contribution in [2.75, 3.05) is 6.54 Å². The number of aliphatic hydroxyl groups is 1. The fourth-order valence-corrected chi connectivity index (χ4v) is 2.14. The summed E-state index contributed by atoms with van der Waals surface area (Å²) in [7, 11) is 0. The number of hydrogen-bond acceptors (Lipinski definition) is 4. The largest absolute Gasteiger partial charge is 0.387 e. The Morgan fingerprint density at radius 3 is 2.58 bits per heavy atom. The fourth-order valence-electron chi connectivity index (χ4n) is 2.02. The number of nitro benzene ring substituents is 1. The van der Waals surface area contributed by atoms with Crippen LogP contribution in [0.25, 0.3) is 0 Å². The number of amides is 2. The van der Waals surface area contributed by atoms with Gasteiger partial charge in [-0.3, -0.25) is 10.1 Å². The van der Waals surface area contributed by atoms with Crippen molar-refractivity contribution in [3.8, 4) is 0 Å². The molecule has 7 nitrogen and oxygen atoms in total. The Balaban J connectivity index is 1.80. The van der Waals surface area contributed by atoms with Crippen LogP contribution in [0.3, 0.4) is 0 Å². The van der Waals surface area contributed by atoms with E-state index in [9.17, 15) is 20.0 Å². The first kappa shape index (κ1) is 17.7. The number of carbonyl (C=O) groups excluding carboxylic acids is 1. The van der Waals surface area contributed by atoms with Crippen LogP contribution in [-0.2, 0) is 6.54 Å². The number of rotatable bonds is 6. The Bertz CT molecular complexity index is 722. The standard InChI is InChI=1S/C16H16ClN3O4/c17-13-6-4-12(5-7-13)15(21)10-19-16(22)18-9-11-2-1-3-14(8-11)20(23)24/h1-8,15,21H,9-10H2,(H2,18,19,22). The van der Waals surface area contributed by atoms with Gasteiger partial charge in [-0.15, -0.1) is 0 Å². The molecule has 0 fully saturated rings. The summed E-state index contributed by atoms with van der Waals surface area (Å²) in [4.78, 5) is 21.9. The maximum atomic E-state index is 11.7. The van der Waals surface area contributed by atoms with Crippen molar-refractivity contribution in [3.63, 3.8) is 0 Å². The summed E-state index contributed by atoms with van der Waals surface area (Å²) in [5, 5.41) is 26.4. The summed E-state index contributed by atoms with van der Waals surface area (Å²) in [5.41, 5.74) is 1.21. The van der Waals surface area contributed by atoms with E-state index in [0.29, 0.717) is 16.1 Å². The molecule has 0 aliphatic rings. The third kappa shape index (κ3) is 5.22. The summed E-state index contributed by atoms with van der Waals surface area (Å²) in [6.45, 7) is 0.174. The maximum absolute atomic E-state index is 11.7. The van der Waals surface area contributed by atoms with E-state index in [1.807, 2.05) is 0 Å². The Morgan fingerprint density at radius 2 is 1.92 bits per heavy atom. The molecule has 2 amide bonds. The minimum absolute atomic E-state index is 0.0302. The third-order valence-corrected chi connectivity index (χ3v) is 3.54. The van der Waals surface area contributed by atoms with Crippen LogP contribution >= 0.6 is 11.6 Å². The molecular formula is C16H16ClN3O4. The quantitative estimate of drug-likeness (QED) is 0.551. The van der Waals surface area contributed by atoms with Crippen molar-refractivity contribution in [2.24, 2.45) is 0 Å². The molecule has 3 N–H and O–H groups in total. The summed E-state index contributed by atoms with van der Waals surface area (Å²) in [6.07, 6.45) is -0.856. The summed E-state index contributed by atoms with van der Waals surface area (Å²) in [6, 6.07) is 12.2. The molecule has 2 rings (SSSR count). The lowest BCUT2D eigenvalue weighted by atomic mass is 10.1. The van der Waals surface area contributed by atoms with Crippen LogP contribution < -0.4 is 10.6 Å². The molecule has 1 atom stereocenters. The zero-order valence-electron chi connectivity index (χ0n) is 12.6. The molecule has 0 saturated heterocycles. The molecule has 0 radical (unpaired) electrons. The van der Waals surface area contributed by atoms with E-state index in [1.165, 1.54) is 12.1 Å². The molecule has 24 heavy (non-hydrogen) atoms. The molecule has 0 bridgehead atoms. The van der Waals surface area contributed by atoms with E-state index in [4.69, 9.17) is 11.6 Å². The molecule has 0 heterocycles. The van der Waals surface area contributed by atoms with Gasteiger partial charge in [0.1, 0.15) is 0 Å². The minimum atomic E-state index is -0.856. The molecule has 0 aromatic heterocycles. The van der Waals surface area contributed by atoms with Gasteiger partial charge in [0, 0.05) is 30.2 Å². The van der Waals surface area contributed by atoms with Crippen molar-refractivity contribution in [3.05, 3.63) is 74.8 Å². The lowest BCUT2D eigenvalue weighted by Crippen LogP contribution is -2.37. The summed E-state index contributed by atoms with van der Waals surface area (Å²) >= 11 is 5.77. The Kier molecular flexibility index (Phi) is 6.11. The van der Waals surface area contributed by atoms with Crippen LogP contribution in [0.1, 0.15) is 17.2 Å². The van der Waals surface area contributed by atoms with Gasteiger partial charge in [-0.2, -0.15) is 0 Å². The van der Waals surface area contributed by atoms with Gasteiger partial charge in [-0.25, -0.2) is 4.79 Å². The molecular weight excluding hydrogens is 334 g/mol.